The van der Waals surface area contributed by atoms with Crippen LogP contribution in [0.15, 0.2) is 127 Å². The summed E-state index contributed by atoms with van der Waals surface area (Å²) < 4.78 is 6.25. The Balaban J connectivity index is 1.08. The van der Waals surface area contributed by atoms with Gasteiger partial charge in [-0.2, -0.15) is 0 Å². The van der Waals surface area contributed by atoms with Crippen LogP contribution in [0, 0.1) is 0 Å². The molecule has 2 unspecified atom stereocenters. The molecule has 192 valence electrons. The van der Waals surface area contributed by atoms with Crippen molar-refractivity contribution >= 4 is 28.4 Å². The van der Waals surface area contributed by atoms with Crippen molar-refractivity contribution in [2.45, 2.75) is 37.7 Å². The lowest BCUT2D eigenvalue weighted by Crippen LogP contribution is -2.22. The van der Waals surface area contributed by atoms with Crippen molar-refractivity contribution < 1.29 is 4.74 Å². The third-order valence-electron chi connectivity index (χ3n) is 8.05. The molecule has 0 radical (unpaired) electrons. The van der Waals surface area contributed by atoms with E-state index in [0.29, 0.717) is 12.0 Å². The molecule has 0 saturated heterocycles. The summed E-state index contributed by atoms with van der Waals surface area (Å²) in [6, 6.07) is 45.1. The lowest BCUT2D eigenvalue weighted by Gasteiger charge is -2.25. The van der Waals surface area contributed by atoms with Crippen molar-refractivity contribution in [2.24, 2.45) is 0 Å². The van der Waals surface area contributed by atoms with Crippen LogP contribution in [0.3, 0.4) is 0 Å². The largest absolute Gasteiger partial charge is 0.489 e. The van der Waals surface area contributed by atoms with Gasteiger partial charge >= 0.3 is 0 Å². The van der Waals surface area contributed by atoms with Gasteiger partial charge in [-0.05, 0) is 103 Å². The number of hydrogen-bond donors (Lipinski definition) is 1. The molecule has 2 aliphatic rings. The van der Waals surface area contributed by atoms with Crippen molar-refractivity contribution in [2.75, 3.05) is 10.2 Å². The number of fused-ring (bicyclic) bond motifs is 3. The van der Waals surface area contributed by atoms with Crippen molar-refractivity contribution in [3.8, 4) is 16.9 Å². The third kappa shape index (κ3) is 4.77. The average molecular weight is 509 g/mol. The lowest BCUT2D eigenvalue weighted by molar-refractivity contribution is 0.164. The molecule has 7 rings (SSSR count). The first kappa shape index (κ1) is 23.6. The van der Waals surface area contributed by atoms with E-state index < -0.39 is 0 Å². The van der Waals surface area contributed by atoms with Crippen molar-refractivity contribution in [3.63, 3.8) is 0 Å². The Bertz CT molecular complexity index is 1510. The summed E-state index contributed by atoms with van der Waals surface area (Å²) in [5.41, 5.74) is 9.43. The van der Waals surface area contributed by atoms with Crippen molar-refractivity contribution in [1.29, 1.82) is 0 Å². The molecule has 1 heterocycles. The zero-order valence-corrected chi connectivity index (χ0v) is 22.0. The first-order valence-electron chi connectivity index (χ1n) is 14.0. The second-order valence-electron chi connectivity index (χ2n) is 10.6. The van der Waals surface area contributed by atoms with Crippen LogP contribution >= 0.6 is 0 Å². The third-order valence-corrected chi connectivity index (χ3v) is 8.05. The molecule has 3 heteroatoms. The van der Waals surface area contributed by atoms with Crippen LogP contribution in [-0.4, -0.2) is 6.10 Å². The van der Waals surface area contributed by atoms with Crippen LogP contribution in [-0.2, 0) is 0 Å². The standard InChI is InChI=1S/C36H32N2O/c1-3-9-30(10-4-1)38(31-11-5-2-6-12-31)32-22-20-29(21-23-32)37-28-18-15-26(16-19-28)27-17-24-36-34(25-27)33-13-7-8-14-35(33)39-36/h1-6,9-12,15-25,33,35,37H,7-8,13-14H2. The minimum atomic E-state index is 0.384. The fraction of sp³-hybridized carbons (Fsp3) is 0.167. The predicted octanol–water partition coefficient (Wildman–Crippen LogP) is 9.99. The molecule has 1 fully saturated rings. The van der Waals surface area contributed by atoms with E-state index >= 15 is 0 Å². The molecule has 5 aromatic rings. The van der Waals surface area contributed by atoms with E-state index in [1.54, 1.807) is 0 Å². The predicted molar refractivity (Wildman–Crippen MR) is 162 cm³/mol. The Labute approximate surface area is 230 Å². The van der Waals surface area contributed by atoms with Gasteiger partial charge in [0.05, 0.1) is 0 Å². The van der Waals surface area contributed by atoms with Gasteiger partial charge in [0.1, 0.15) is 11.9 Å². The topological polar surface area (TPSA) is 24.5 Å². The van der Waals surface area contributed by atoms with Crippen LogP contribution in [0.2, 0.25) is 0 Å². The van der Waals surface area contributed by atoms with E-state index in [4.69, 9.17) is 4.74 Å². The number of anilines is 5. The van der Waals surface area contributed by atoms with Gasteiger partial charge in [-0.3, -0.25) is 0 Å². The monoisotopic (exact) mass is 508 g/mol. The normalized spacial score (nSPS) is 17.5. The summed E-state index contributed by atoms with van der Waals surface area (Å²) >= 11 is 0. The lowest BCUT2D eigenvalue weighted by atomic mass is 9.82. The summed E-state index contributed by atoms with van der Waals surface area (Å²) in [6.45, 7) is 0. The number of benzene rings is 5. The number of rotatable bonds is 6. The van der Waals surface area contributed by atoms with Gasteiger partial charge in [0.2, 0.25) is 0 Å². The first-order chi connectivity index (χ1) is 19.3. The SMILES string of the molecule is c1ccc(N(c2ccccc2)c2ccc(Nc3ccc(-c4ccc5c(c4)C4CCCCC4O5)cc3)cc2)cc1. The molecule has 0 aromatic heterocycles. The molecule has 0 spiro atoms. The zero-order valence-electron chi connectivity index (χ0n) is 22.0. The summed E-state index contributed by atoms with van der Waals surface area (Å²) in [7, 11) is 0. The molecule has 1 saturated carbocycles. The van der Waals surface area contributed by atoms with E-state index in [1.807, 2.05) is 0 Å². The van der Waals surface area contributed by atoms with E-state index in [-0.39, 0.29) is 0 Å². The fourth-order valence-corrected chi connectivity index (χ4v) is 6.09. The summed E-state index contributed by atoms with van der Waals surface area (Å²) in [6.07, 6.45) is 5.42. The summed E-state index contributed by atoms with van der Waals surface area (Å²) in [5.74, 6) is 1.66. The van der Waals surface area contributed by atoms with Gasteiger partial charge in [0.25, 0.3) is 0 Å². The average Bonchev–Trinajstić information content (AvgIpc) is 3.38. The Kier molecular flexibility index (Phi) is 6.26. The Hall–Kier alpha value is -4.50. The molecule has 5 aromatic carbocycles. The molecule has 0 amide bonds. The quantitative estimate of drug-likeness (QED) is 0.247. The second kappa shape index (κ2) is 10.3. The number of nitrogens with zero attached hydrogens (tertiary/aromatic N) is 1. The van der Waals surface area contributed by atoms with Crippen LogP contribution in [0.4, 0.5) is 28.4 Å². The fourth-order valence-electron chi connectivity index (χ4n) is 6.09. The molecule has 1 aliphatic carbocycles. The molecule has 0 bridgehead atoms. The number of ether oxygens (including phenoxy) is 1. The number of hydrogen-bond acceptors (Lipinski definition) is 3. The highest BCUT2D eigenvalue weighted by Crippen LogP contribution is 2.46. The van der Waals surface area contributed by atoms with Crippen LogP contribution < -0.4 is 15.0 Å². The highest BCUT2D eigenvalue weighted by atomic mass is 16.5. The van der Waals surface area contributed by atoms with Gasteiger partial charge in [-0.15, -0.1) is 0 Å². The second-order valence-corrected chi connectivity index (χ2v) is 10.6. The minimum absolute atomic E-state index is 0.384. The van der Waals surface area contributed by atoms with Gasteiger partial charge in [-0.25, -0.2) is 0 Å². The van der Waals surface area contributed by atoms with E-state index in [9.17, 15) is 0 Å². The van der Waals surface area contributed by atoms with Gasteiger partial charge in [-0.1, -0.05) is 61.0 Å². The van der Waals surface area contributed by atoms with E-state index in [1.165, 1.54) is 42.4 Å². The Morgan fingerprint density at radius 2 is 1.13 bits per heavy atom. The zero-order chi connectivity index (χ0) is 26.0. The van der Waals surface area contributed by atoms with E-state index in [0.717, 1.165) is 34.2 Å². The van der Waals surface area contributed by atoms with Crippen LogP contribution in [0.1, 0.15) is 37.2 Å². The summed E-state index contributed by atoms with van der Waals surface area (Å²) in [4.78, 5) is 2.27. The Morgan fingerprint density at radius 1 is 0.564 bits per heavy atom. The molecule has 1 aliphatic heterocycles. The molecular weight excluding hydrogens is 476 g/mol. The van der Waals surface area contributed by atoms with Gasteiger partial charge in [0, 0.05) is 39.9 Å². The highest BCUT2D eigenvalue weighted by Gasteiger charge is 2.36. The van der Waals surface area contributed by atoms with E-state index in [2.05, 4.69) is 138 Å². The molecular formula is C36H32N2O. The maximum Gasteiger partial charge on any atom is 0.123 e. The van der Waals surface area contributed by atoms with Crippen molar-refractivity contribution in [1.82, 2.24) is 0 Å². The number of para-hydroxylation sites is 2. The molecule has 39 heavy (non-hydrogen) atoms. The maximum atomic E-state index is 6.25. The Morgan fingerprint density at radius 3 is 1.79 bits per heavy atom. The van der Waals surface area contributed by atoms with Crippen LogP contribution in [0.5, 0.6) is 5.75 Å². The molecule has 1 N–H and O–H groups in total. The maximum absolute atomic E-state index is 6.25. The summed E-state index contributed by atoms with van der Waals surface area (Å²) in [5, 5.41) is 3.57. The molecule has 3 nitrogen and oxygen atoms in total. The molecule has 2 atom stereocenters. The highest BCUT2D eigenvalue weighted by molar-refractivity contribution is 5.78. The van der Waals surface area contributed by atoms with Crippen LogP contribution in [0.25, 0.3) is 11.1 Å². The minimum Gasteiger partial charge on any atom is -0.489 e. The van der Waals surface area contributed by atoms with Crippen molar-refractivity contribution in [3.05, 3.63) is 133 Å². The van der Waals surface area contributed by atoms with Gasteiger partial charge in [0.15, 0.2) is 0 Å². The number of nitrogens with one attached hydrogen (secondary N) is 1. The smallest absolute Gasteiger partial charge is 0.123 e. The first-order valence-corrected chi connectivity index (χ1v) is 14.0. The van der Waals surface area contributed by atoms with Gasteiger partial charge < -0.3 is 15.0 Å².